The fourth-order valence-corrected chi connectivity index (χ4v) is 16.5. The number of nitrogens with one attached hydrogen (secondary N) is 5. The number of halogens is 2. The number of nitrogens with zero attached hydrogens (tertiary/aromatic N) is 11. The molecule has 4 aliphatic heterocycles. The molecule has 0 spiro atoms. The van der Waals surface area contributed by atoms with Crippen molar-refractivity contribution in [3.63, 3.8) is 0 Å². The van der Waals surface area contributed by atoms with E-state index in [1.807, 2.05) is 24.3 Å². The zero-order chi connectivity index (χ0) is 79.8. The number of hydrogen-bond donors (Lipinski definition) is 5. The van der Waals surface area contributed by atoms with Gasteiger partial charge in [0.05, 0.1) is 57.9 Å². The number of hydrogen-bond acceptors (Lipinski definition) is 23. The molecule has 2 aromatic carbocycles. The van der Waals surface area contributed by atoms with E-state index in [0.717, 1.165) is 131 Å². The molecule has 29 nitrogen and oxygen atoms in total. The van der Waals surface area contributed by atoms with Crippen LogP contribution in [0.3, 0.4) is 0 Å². The third-order valence-electron chi connectivity index (χ3n) is 21.5. The van der Waals surface area contributed by atoms with Crippen molar-refractivity contribution in [2.75, 3.05) is 81.9 Å². The second kappa shape index (κ2) is 38.3. The van der Waals surface area contributed by atoms with Gasteiger partial charge in [0, 0.05) is 142 Å². The van der Waals surface area contributed by atoms with Gasteiger partial charge in [0.2, 0.25) is 11.8 Å². The summed E-state index contributed by atoms with van der Waals surface area (Å²) in [7, 11) is 0. The highest BCUT2D eigenvalue weighted by molar-refractivity contribution is 6.32. The minimum Gasteiger partial charge on any atom is -0.492 e. The van der Waals surface area contributed by atoms with Crippen molar-refractivity contribution >= 4 is 76.6 Å². The minimum atomic E-state index is -0.786. The number of rotatable bonds is 27. The molecule has 0 bridgehead atoms. The van der Waals surface area contributed by atoms with Crippen molar-refractivity contribution in [2.45, 2.75) is 176 Å². The highest BCUT2D eigenvalue weighted by atomic mass is 35.5. The summed E-state index contributed by atoms with van der Waals surface area (Å²) in [6.45, 7) is 25.9. The predicted molar refractivity (Wildman–Crippen MR) is 422 cm³/mol. The molecule has 598 valence electrons. The average molecular weight is 1580 g/mol. The summed E-state index contributed by atoms with van der Waals surface area (Å²) in [5, 5.41) is 41.3. The van der Waals surface area contributed by atoms with Gasteiger partial charge in [-0.2, -0.15) is 20.7 Å². The molecule has 0 radical (unpaired) electrons. The first-order valence-corrected chi connectivity index (χ1v) is 38.5. The summed E-state index contributed by atoms with van der Waals surface area (Å²) in [4.78, 5) is 124. The van der Waals surface area contributed by atoms with Crippen molar-refractivity contribution in [1.82, 2.24) is 61.0 Å². The Labute approximate surface area is 662 Å². The maximum Gasteiger partial charge on any atom is 0.271 e. The standard InChI is InChI=1S/C40H49ClN8O6.C25H30ClN5O2.C15H19N3O5.CH4/c1-39(2)37(40(3,4)38(39)55-28-11-9-26(23-42)30(41)21-28)46-35(52)27-10-13-32(43-24-27)48-18-16-47(17-19-48)15-7-5-6-8-20-54-29-22-34(51)49(44-25-29)31-12-14-33(50)45-36(31)53;1-24(2)22(25(3,4)23(24)33-18-7-5-16(14-27)19(26)13-18)30-21(32)17-6-8-20(29-15-17)31-11-9-28-10-12-31;19-7-3-1-2-4-8-23-11-9-14(21)18(16-10-11)12-5-6-13(20)17-15(12)22;/h9-11,13,21-22,24-25,31,37-38H,5-8,12,14-20H2,1-4H3,(H,46,52)(H,45,50,53);5-8,13,15,22-23,28H,9-12H2,1-4H3,(H,30,32);7,9-10,12H,1-6,8H2,(H,17,20,22);1H4. The molecule has 2 aliphatic carbocycles. The van der Waals surface area contributed by atoms with Gasteiger partial charge in [-0.15, -0.1) is 0 Å². The van der Waals surface area contributed by atoms with E-state index in [-0.39, 0.29) is 103 Å². The second-order valence-electron chi connectivity index (χ2n) is 31.0. The minimum absolute atomic E-state index is 0. The number of piperazine rings is 2. The Balaban J connectivity index is 0.000000213. The molecular weight excluding hydrogens is 1480 g/mol. The number of imide groups is 2. The van der Waals surface area contributed by atoms with Gasteiger partial charge in [-0.25, -0.2) is 19.3 Å². The molecule has 2 atom stereocenters. The van der Waals surface area contributed by atoms with Gasteiger partial charge in [0.25, 0.3) is 34.7 Å². The number of pyridine rings is 2. The molecular formula is C81H102Cl2N16O13. The number of piperidine rings is 2. The van der Waals surface area contributed by atoms with Crippen LogP contribution in [-0.4, -0.2) is 173 Å². The molecule has 112 heavy (non-hydrogen) atoms. The Morgan fingerprint density at radius 3 is 1.35 bits per heavy atom. The number of amides is 6. The van der Waals surface area contributed by atoms with Crippen LogP contribution < -0.4 is 66.4 Å². The fraction of sp³-hybridized carbons (Fsp3) is 0.519. The Bertz CT molecular complexity index is 4510. The Morgan fingerprint density at radius 2 is 0.964 bits per heavy atom. The van der Waals surface area contributed by atoms with Crippen LogP contribution in [0.25, 0.3) is 0 Å². The molecule has 6 fully saturated rings. The van der Waals surface area contributed by atoms with E-state index in [4.69, 9.17) is 47.4 Å². The first-order valence-electron chi connectivity index (χ1n) is 37.8. The van der Waals surface area contributed by atoms with E-state index in [1.54, 1.807) is 48.8 Å². The number of nitriles is 2. The highest BCUT2D eigenvalue weighted by Crippen LogP contribution is 2.57. The lowest BCUT2D eigenvalue weighted by Crippen LogP contribution is -2.74. The Hall–Kier alpha value is -10.3. The van der Waals surface area contributed by atoms with Crippen molar-refractivity contribution in [1.29, 1.82) is 10.5 Å². The SMILES string of the molecule is C.CC1(C)C(NC(=O)c2ccc(N3CCN(CCCCCCOc4cnn(C5CCC(=O)NC5=O)c(=O)c4)CC3)nc2)C(C)(C)C1Oc1ccc(C#N)c(Cl)c1.CC1(C)C(NC(=O)c2ccc(N3CCNCC3)nc2)C(C)(C)C1Oc1ccc(C#N)c(Cl)c1.O=CCCCCCOc1cnn(C2CCC(=O)NC2=O)c(=O)c1. The molecule has 2 unspecified atom stereocenters. The van der Waals surface area contributed by atoms with Crippen LogP contribution in [0, 0.1) is 44.3 Å². The zero-order valence-corrected chi connectivity index (χ0v) is 65.5. The van der Waals surface area contributed by atoms with E-state index >= 15 is 0 Å². The summed E-state index contributed by atoms with van der Waals surface area (Å²) in [6.07, 6.45) is 14.6. The summed E-state index contributed by atoms with van der Waals surface area (Å²) in [6, 6.07) is 22.6. The highest BCUT2D eigenvalue weighted by Gasteiger charge is 2.65. The van der Waals surface area contributed by atoms with Gasteiger partial charge in [-0.1, -0.05) is 98.9 Å². The molecule has 8 heterocycles. The van der Waals surface area contributed by atoms with Crippen LogP contribution in [-0.2, 0) is 24.0 Å². The van der Waals surface area contributed by atoms with Crippen LogP contribution in [0.1, 0.15) is 184 Å². The second-order valence-corrected chi connectivity index (χ2v) is 31.8. The molecule has 12 rings (SSSR count). The first-order chi connectivity index (χ1) is 53.0. The van der Waals surface area contributed by atoms with Gasteiger partial charge in [-0.05, 0) is 100 Å². The largest absolute Gasteiger partial charge is 0.492 e. The van der Waals surface area contributed by atoms with E-state index in [0.29, 0.717) is 74.9 Å². The quantitative estimate of drug-likeness (QED) is 0.0182. The number of carbonyl (C=O) groups is 7. The lowest BCUT2D eigenvalue weighted by Gasteiger charge is -2.63. The van der Waals surface area contributed by atoms with Crippen molar-refractivity contribution in [2.24, 2.45) is 21.7 Å². The van der Waals surface area contributed by atoms with Crippen LogP contribution in [0.4, 0.5) is 11.6 Å². The van der Waals surface area contributed by atoms with E-state index in [2.05, 4.69) is 129 Å². The number of aromatic nitrogens is 6. The van der Waals surface area contributed by atoms with Crippen molar-refractivity contribution in [3.05, 3.63) is 151 Å². The third kappa shape index (κ3) is 20.9. The number of unbranched alkanes of at least 4 members (excludes halogenated alkanes) is 6. The monoisotopic (exact) mass is 1580 g/mol. The maximum absolute atomic E-state index is 13.4. The van der Waals surface area contributed by atoms with Crippen molar-refractivity contribution in [3.8, 4) is 35.1 Å². The molecule has 4 saturated heterocycles. The Morgan fingerprint density at radius 1 is 0.545 bits per heavy atom. The summed E-state index contributed by atoms with van der Waals surface area (Å²) >= 11 is 12.4. The van der Waals surface area contributed by atoms with Crippen LogP contribution >= 0.6 is 23.2 Å². The van der Waals surface area contributed by atoms with Gasteiger partial charge < -0.3 is 49.5 Å². The Kier molecular flexibility index (Phi) is 29.3. The van der Waals surface area contributed by atoms with Crippen LogP contribution in [0.15, 0.2) is 107 Å². The zero-order valence-electron chi connectivity index (χ0n) is 64.0. The van der Waals surface area contributed by atoms with E-state index < -0.39 is 35.0 Å². The number of ether oxygens (including phenoxy) is 4. The van der Waals surface area contributed by atoms with Crippen LogP contribution in [0.2, 0.25) is 10.0 Å². The van der Waals surface area contributed by atoms with Gasteiger partial charge >= 0.3 is 0 Å². The normalized spacial score (nSPS) is 21.2. The average Bonchev–Trinajstić information content (AvgIpc) is 0.712. The third-order valence-corrected chi connectivity index (χ3v) is 22.1. The molecule has 6 aromatic rings. The molecule has 31 heteroatoms. The number of benzene rings is 2. The first kappa shape index (κ1) is 85.7. The number of anilines is 2. The summed E-state index contributed by atoms with van der Waals surface area (Å²) < 4.78 is 26.0. The molecule has 5 N–H and O–H groups in total. The summed E-state index contributed by atoms with van der Waals surface area (Å²) in [5.74, 6) is 1.65. The number of aldehydes is 1. The maximum atomic E-state index is 13.4. The van der Waals surface area contributed by atoms with E-state index in [1.165, 1.54) is 24.5 Å². The molecule has 6 amide bonds. The van der Waals surface area contributed by atoms with Crippen molar-refractivity contribution < 1.29 is 52.5 Å². The van der Waals surface area contributed by atoms with Gasteiger partial charge in [0.15, 0.2) is 0 Å². The molecule has 2 saturated carbocycles. The van der Waals surface area contributed by atoms with Gasteiger partial charge in [-0.3, -0.25) is 53.9 Å². The predicted octanol–water partition coefficient (Wildman–Crippen LogP) is 9.14. The lowest BCUT2D eigenvalue weighted by atomic mass is 9.49. The summed E-state index contributed by atoms with van der Waals surface area (Å²) in [5.41, 5.74) is -0.362. The number of carbonyl (C=O) groups excluding carboxylic acids is 7. The van der Waals surface area contributed by atoms with Gasteiger partial charge in [0.1, 0.15) is 77.3 Å². The van der Waals surface area contributed by atoms with Crippen LogP contribution in [0.5, 0.6) is 23.0 Å². The smallest absolute Gasteiger partial charge is 0.271 e. The fourth-order valence-electron chi connectivity index (χ4n) is 16.1. The molecule has 4 aromatic heterocycles. The topological polar surface area (TPSA) is 369 Å². The lowest BCUT2D eigenvalue weighted by molar-refractivity contribution is -0.164. The molecule has 6 aliphatic rings. The van der Waals surface area contributed by atoms with E-state index in [9.17, 15) is 48.4 Å².